The molecule has 4 rings (SSSR count). The number of piperazine rings is 1. The average Bonchev–Trinajstić information content (AvgIpc) is 2.62. The van der Waals surface area contributed by atoms with Gasteiger partial charge in [0.25, 0.3) is 0 Å². The molecule has 3 heterocycles. The Morgan fingerprint density at radius 1 is 1.21 bits per heavy atom. The zero-order valence-electron chi connectivity index (χ0n) is 16.0. The summed E-state index contributed by atoms with van der Waals surface area (Å²) in [7, 11) is 2.00. The van der Waals surface area contributed by atoms with Crippen molar-refractivity contribution in [2.24, 2.45) is 0 Å². The molecule has 2 aliphatic rings. The molecular formula is C20H22FN3O4. The van der Waals surface area contributed by atoms with Crippen LogP contribution in [0.1, 0.15) is 47.0 Å². The third-order valence-corrected chi connectivity index (χ3v) is 5.98. The minimum Gasteiger partial charge on any atom is -0.477 e. The molecule has 1 aromatic carbocycles. The van der Waals surface area contributed by atoms with Crippen LogP contribution < -0.4 is 10.3 Å². The molecule has 2 atom stereocenters. The maximum atomic E-state index is 15.2. The SMILES string of the molecule is CC1CN(c2c(F)cc3c(=O)c(C(=O)O)cn4c3c2C(=O)CC4C)CCN1C. The summed E-state index contributed by atoms with van der Waals surface area (Å²) in [5.74, 6) is -2.24. The smallest absolute Gasteiger partial charge is 0.341 e. The van der Waals surface area contributed by atoms with Crippen LogP contribution in [0.15, 0.2) is 17.1 Å². The van der Waals surface area contributed by atoms with Crippen molar-refractivity contribution >= 4 is 28.3 Å². The van der Waals surface area contributed by atoms with Crippen molar-refractivity contribution in [2.75, 3.05) is 31.6 Å². The van der Waals surface area contributed by atoms with Gasteiger partial charge in [0, 0.05) is 44.3 Å². The summed E-state index contributed by atoms with van der Waals surface area (Å²) in [6.07, 6.45) is 1.41. The molecule has 148 valence electrons. The topological polar surface area (TPSA) is 82.8 Å². The number of pyridine rings is 1. The van der Waals surface area contributed by atoms with Crippen molar-refractivity contribution < 1.29 is 19.1 Å². The van der Waals surface area contributed by atoms with Crippen LogP contribution in [-0.4, -0.2) is 59.0 Å². The molecule has 2 unspecified atom stereocenters. The number of hydrogen-bond donors (Lipinski definition) is 1. The van der Waals surface area contributed by atoms with Gasteiger partial charge in [-0.05, 0) is 27.0 Å². The van der Waals surface area contributed by atoms with E-state index in [9.17, 15) is 19.5 Å². The number of benzene rings is 1. The molecule has 0 radical (unpaired) electrons. The summed E-state index contributed by atoms with van der Waals surface area (Å²) >= 11 is 0. The van der Waals surface area contributed by atoms with Crippen molar-refractivity contribution in [1.29, 1.82) is 0 Å². The monoisotopic (exact) mass is 387 g/mol. The first-order valence-electron chi connectivity index (χ1n) is 9.33. The molecule has 1 saturated heterocycles. The zero-order valence-corrected chi connectivity index (χ0v) is 16.0. The first-order chi connectivity index (χ1) is 13.2. The Morgan fingerprint density at radius 2 is 1.93 bits per heavy atom. The van der Waals surface area contributed by atoms with Gasteiger partial charge in [-0.15, -0.1) is 0 Å². The first kappa shape index (κ1) is 18.6. The highest BCUT2D eigenvalue weighted by molar-refractivity contribution is 6.13. The van der Waals surface area contributed by atoms with Crippen molar-refractivity contribution in [3.05, 3.63) is 39.4 Å². The third kappa shape index (κ3) is 2.63. The fourth-order valence-electron chi connectivity index (χ4n) is 4.27. The number of ketones is 1. The van der Waals surface area contributed by atoms with Crippen LogP contribution in [-0.2, 0) is 0 Å². The number of carboxylic acids is 1. The summed E-state index contributed by atoms with van der Waals surface area (Å²) < 4.78 is 16.9. The van der Waals surface area contributed by atoms with Crippen molar-refractivity contribution in [3.63, 3.8) is 0 Å². The summed E-state index contributed by atoms with van der Waals surface area (Å²) in [5, 5.41) is 9.31. The molecule has 8 heteroatoms. The number of rotatable bonds is 2. The largest absolute Gasteiger partial charge is 0.477 e. The molecule has 0 bridgehead atoms. The summed E-state index contributed by atoms with van der Waals surface area (Å²) in [6, 6.07) is 0.962. The van der Waals surface area contributed by atoms with Gasteiger partial charge in [0.15, 0.2) is 5.78 Å². The van der Waals surface area contributed by atoms with E-state index in [1.807, 2.05) is 18.9 Å². The number of aromatic nitrogens is 1. The van der Waals surface area contributed by atoms with E-state index in [0.717, 1.165) is 12.6 Å². The Bertz CT molecular complexity index is 1080. The molecule has 1 N–H and O–H groups in total. The second-order valence-corrected chi connectivity index (χ2v) is 7.81. The lowest BCUT2D eigenvalue weighted by Gasteiger charge is -2.40. The number of Topliss-reactive ketones (excluding diaryl/α,β-unsaturated/α-hetero) is 1. The van der Waals surface area contributed by atoms with E-state index in [1.54, 1.807) is 11.5 Å². The lowest BCUT2D eigenvalue weighted by molar-refractivity contribution is 0.0694. The molecule has 0 amide bonds. The molecule has 1 aromatic heterocycles. The quantitative estimate of drug-likeness (QED) is 0.850. The predicted molar refractivity (Wildman–Crippen MR) is 103 cm³/mol. The van der Waals surface area contributed by atoms with Crippen molar-refractivity contribution in [3.8, 4) is 0 Å². The molecule has 0 saturated carbocycles. The second kappa shape index (κ2) is 6.41. The van der Waals surface area contributed by atoms with Gasteiger partial charge in [-0.3, -0.25) is 9.59 Å². The Labute approximate surface area is 161 Å². The number of halogens is 1. The third-order valence-electron chi connectivity index (χ3n) is 5.98. The molecule has 28 heavy (non-hydrogen) atoms. The summed E-state index contributed by atoms with van der Waals surface area (Å²) in [5.41, 5.74) is -0.430. The van der Waals surface area contributed by atoms with E-state index < -0.39 is 22.8 Å². The van der Waals surface area contributed by atoms with Crippen LogP contribution in [0.3, 0.4) is 0 Å². The van der Waals surface area contributed by atoms with E-state index >= 15 is 4.39 Å². The average molecular weight is 387 g/mol. The van der Waals surface area contributed by atoms with E-state index in [2.05, 4.69) is 4.90 Å². The fourth-order valence-corrected chi connectivity index (χ4v) is 4.27. The Kier molecular flexibility index (Phi) is 4.26. The van der Waals surface area contributed by atoms with Gasteiger partial charge in [0.1, 0.15) is 11.4 Å². The highest BCUT2D eigenvalue weighted by atomic mass is 19.1. The first-order valence-corrected chi connectivity index (χ1v) is 9.33. The number of likely N-dealkylation sites (N-methyl/N-ethyl adjacent to an activating group) is 1. The van der Waals surface area contributed by atoms with Gasteiger partial charge in [-0.2, -0.15) is 0 Å². The minimum absolute atomic E-state index is 0.0572. The molecule has 1 fully saturated rings. The van der Waals surface area contributed by atoms with Crippen LogP contribution in [0.2, 0.25) is 0 Å². The highest BCUT2D eigenvalue weighted by Gasteiger charge is 2.34. The lowest BCUT2D eigenvalue weighted by atomic mass is 9.92. The number of carbonyl (C=O) groups is 2. The van der Waals surface area contributed by atoms with Gasteiger partial charge in [-0.25, -0.2) is 9.18 Å². The number of aromatic carboxylic acids is 1. The normalized spacial score (nSPS) is 22.7. The highest BCUT2D eigenvalue weighted by Crippen LogP contribution is 2.38. The molecule has 2 aromatic rings. The number of hydrogen-bond acceptors (Lipinski definition) is 5. The molecular weight excluding hydrogens is 365 g/mol. The maximum Gasteiger partial charge on any atom is 0.341 e. The van der Waals surface area contributed by atoms with E-state index in [4.69, 9.17) is 0 Å². The maximum absolute atomic E-state index is 15.2. The lowest BCUT2D eigenvalue weighted by Crippen LogP contribution is -2.50. The van der Waals surface area contributed by atoms with Crippen LogP contribution >= 0.6 is 0 Å². The van der Waals surface area contributed by atoms with Gasteiger partial charge in [0.05, 0.1) is 22.2 Å². The van der Waals surface area contributed by atoms with Gasteiger partial charge < -0.3 is 19.5 Å². The van der Waals surface area contributed by atoms with E-state index in [0.29, 0.717) is 18.6 Å². The zero-order chi connectivity index (χ0) is 20.3. The van der Waals surface area contributed by atoms with Crippen LogP contribution in [0.25, 0.3) is 10.9 Å². The number of carboxylic acid groups (broad SMARTS) is 1. The Hall–Kier alpha value is -2.74. The molecule has 7 nitrogen and oxygen atoms in total. The molecule has 0 aliphatic carbocycles. The summed E-state index contributed by atoms with van der Waals surface area (Å²) in [4.78, 5) is 41.1. The Morgan fingerprint density at radius 3 is 2.57 bits per heavy atom. The second-order valence-electron chi connectivity index (χ2n) is 7.81. The minimum atomic E-state index is -1.36. The van der Waals surface area contributed by atoms with Gasteiger partial charge in [-0.1, -0.05) is 0 Å². The van der Waals surface area contributed by atoms with Gasteiger partial charge >= 0.3 is 5.97 Å². The van der Waals surface area contributed by atoms with E-state index in [-0.39, 0.29) is 40.9 Å². The van der Waals surface area contributed by atoms with Crippen LogP contribution in [0, 0.1) is 5.82 Å². The standard InChI is InChI=1S/C20H22FN3O4/c1-10-6-15(25)16-17-12(19(26)13(20(27)28)9-24(10)17)7-14(21)18(16)23-5-4-22(3)11(2)8-23/h7,9-11H,4-6,8H2,1-3H3,(H,27,28). The number of anilines is 1. The van der Waals surface area contributed by atoms with Gasteiger partial charge in [0.2, 0.25) is 5.43 Å². The number of carbonyl (C=O) groups excluding carboxylic acids is 1. The van der Waals surface area contributed by atoms with Crippen molar-refractivity contribution in [1.82, 2.24) is 9.47 Å². The number of nitrogens with zero attached hydrogens (tertiary/aromatic N) is 3. The summed E-state index contributed by atoms with van der Waals surface area (Å²) in [6.45, 7) is 5.68. The Balaban J connectivity index is 2.05. The van der Waals surface area contributed by atoms with Crippen LogP contribution in [0.5, 0.6) is 0 Å². The molecule has 0 spiro atoms. The van der Waals surface area contributed by atoms with E-state index in [1.165, 1.54) is 6.20 Å². The fraction of sp³-hybridized carbons (Fsp3) is 0.450. The predicted octanol–water partition coefficient (Wildman–Crippen LogP) is 2.13. The van der Waals surface area contributed by atoms with Crippen molar-refractivity contribution in [2.45, 2.75) is 32.4 Å². The molecule has 2 aliphatic heterocycles. The van der Waals surface area contributed by atoms with Crippen LogP contribution in [0.4, 0.5) is 10.1 Å².